The fraction of sp³-hybridized carbons (Fsp3) is 0.412. The molecule has 1 fully saturated rings. The summed E-state index contributed by atoms with van der Waals surface area (Å²) in [5.74, 6) is 1.51. The van der Waals surface area contributed by atoms with Crippen molar-refractivity contribution in [2.45, 2.75) is 44.7 Å². The van der Waals surface area contributed by atoms with E-state index < -0.39 is 0 Å². The lowest BCUT2D eigenvalue weighted by atomic mass is 9.95. The molecular weight excluding hydrogens is 253 g/mol. The van der Waals surface area contributed by atoms with Crippen LogP contribution in [-0.4, -0.2) is 6.04 Å². The number of nitrogens with one attached hydrogen (secondary N) is 1. The van der Waals surface area contributed by atoms with E-state index in [0.29, 0.717) is 6.04 Å². The highest BCUT2D eigenvalue weighted by molar-refractivity contribution is 5.57. The maximum Gasteiger partial charge on any atom is 0.134 e. The average molecular weight is 273 g/mol. The minimum atomic E-state index is -0.223. The number of hydrogen-bond donors (Lipinski definition) is 1. The Kier molecular flexibility index (Phi) is 4.16. The molecule has 0 amide bonds. The zero-order chi connectivity index (χ0) is 13.8. The van der Waals surface area contributed by atoms with Crippen molar-refractivity contribution in [2.24, 2.45) is 0 Å². The Morgan fingerprint density at radius 2 is 1.75 bits per heavy atom. The van der Waals surface area contributed by atoms with Crippen molar-refractivity contribution < 1.29 is 8.81 Å². The number of furan rings is 1. The zero-order valence-corrected chi connectivity index (χ0v) is 11.6. The van der Waals surface area contributed by atoms with Gasteiger partial charge in [0, 0.05) is 11.6 Å². The van der Waals surface area contributed by atoms with Crippen molar-refractivity contribution in [2.75, 3.05) is 0 Å². The molecule has 2 aromatic rings. The van der Waals surface area contributed by atoms with Gasteiger partial charge in [0.1, 0.15) is 17.3 Å². The fourth-order valence-electron chi connectivity index (χ4n) is 2.79. The summed E-state index contributed by atoms with van der Waals surface area (Å²) in [7, 11) is 0. The quantitative estimate of drug-likeness (QED) is 0.886. The minimum Gasteiger partial charge on any atom is -0.460 e. The van der Waals surface area contributed by atoms with E-state index in [4.69, 9.17) is 4.42 Å². The molecule has 0 bridgehead atoms. The summed E-state index contributed by atoms with van der Waals surface area (Å²) >= 11 is 0. The molecule has 1 N–H and O–H groups in total. The summed E-state index contributed by atoms with van der Waals surface area (Å²) in [6, 6.07) is 11.0. The Morgan fingerprint density at radius 1 is 1.00 bits per heavy atom. The van der Waals surface area contributed by atoms with Gasteiger partial charge in [0.05, 0.1) is 6.54 Å². The third-order valence-electron chi connectivity index (χ3n) is 3.96. The van der Waals surface area contributed by atoms with Crippen molar-refractivity contribution in [3.63, 3.8) is 0 Å². The van der Waals surface area contributed by atoms with Gasteiger partial charge in [0.15, 0.2) is 0 Å². The Hall–Kier alpha value is -1.61. The van der Waals surface area contributed by atoms with Gasteiger partial charge in [0.25, 0.3) is 0 Å². The largest absolute Gasteiger partial charge is 0.460 e. The number of halogens is 1. The van der Waals surface area contributed by atoms with Crippen LogP contribution in [-0.2, 0) is 6.54 Å². The maximum atomic E-state index is 12.9. The van der Waals surface area contributed by atoms with Gasteiger partial charge in [-0.3, -0.25) is 0 Å². The van der Waals surface area contributed by atoms with Gasteiger partial charge in [-0.2, -0.15) is 0 Å². The fourth-order valence-corrected chi connectivity index (χ4v) is 2.79. The van der Waals surface area contributed by atoms with Crippen LogP contribution in [0.1, 0.15) is 37.9 Å². The molecule has 0 radical (unpaired) electrons. The molecule has 0 aliphatic heterocycles. The van der Waals surface area contributed by atoms with Crippen LogP contribution >= 0.6 is 0 Å². The van der Waals surface area contributed by atoms with E-state index in [1.54, 1.807) is 12.1 Å². The van der Waals surface area contributed by atoms with E-state index in [1.165, 1.54) is 44.2 Å². The molecule has 20 heavy (non-hydrogen) atoms. The van der Waals surface area contributed by atoms with Crippen LogP contribution in [0.3, 0.4) is 0 Å². The molecule has 0 saturated heterocycles. The summed E-state index contributed by atoms with van der Waals surface area (Å²) < 4.78 is 18.7. The first-order chi connectivity index (χ1) is 9.81. The van der Waals surface area contributed by atoms with E-state index in [1.807, 2.05) is 12.1 Å². The molecule has 0 spiro atoms. The van der Waals surface area contributed by atoms with E-state index in [2.05, 4.69) is 5.32 Å². The Morgan fingerprint density at radius 3 is 2.50 bits per heavy atom. The molecule has 1 heterocycles. The van der Waals surface area contributed by atoms with Gasteiger partial charge in [-0.15, -0.1) is 0 Å². The lowest BCUT2D eigenvalue weighted by Crippen LogP contribution is -2.30. The minimum absolute atomic E-state index is 0.223. The molecule has 1 aliphatic rings. The van der Waals surface area contributed by atoms with Crippen molar-refractivity contribution >= 4 is 0 Å². The van der Waals surface area contributed by atoms with Gasteiger partial charge in [-0.1, -0.05) is 19.3 Å². The SMILES string of the molecule is Fc1ccc(-c2ccc(CNC3CCCCC3)o2)cc1. The van der Waals surface area contributed by atoms with E-state index in [0.717, 1.165) is 23.6 Å². The summed E-state index contributed by atoms with van der Waals surface area (Å²) in [5.41, 5.74) is 0.912. The smallest absolute Gasteiger partial charge is 0.134 e. The second-order valence-corrected chi connectivity index (χ2v) is 5.49. The molecule has 0 atom stereocenters. The van der Waals surface area contributed by atoms with Crippen LogP contribution in [0.15, 0.2) is 40.8 Å². The Balaban J connectivity index is 1.60. The van der Waals surface area contributed by atoms with Crippen molar-refractivity contribution in [3.05, 3.63) is 48.0 Å². The molecule has 2 nitrogen and oxygen atoms in total. The molecule has 1 saturated carbocycles. The highest BCUT2D eigenvalue weighted by Crippen LogP contribution is 2.23. The molecule has 3 rings (SSSR count). The van der Waals surface area contributed by atoms with E-state index in [9.17, 15) is 4.39 Å². The van der Waals surface area contributed by atoms with E-state index >= 15 is 0 Å². The van der Waals surface area contributed by atoms with Gasteiger partial charge in [-0.05, 0) is 49.2 Å². The predicted octanol–water partition coefficient (Wildman–Crippen LogP) is 4.51. The lowest BCUT2D eigenvalue weighted by Gasteiger charge is -2.22. The van der Waals surface area contributed by atoms with Crippen LogP contribution in [0.5, 0.6) is 0 Å². The van der Waals surface area contributed by atoms with Crippen LogP contribution in [0.2, 0.25) is 0 Å². The number of benzene rings is 1. The second kappa shape index (κ2) is 6.23. The zero-order valence-electron chi connectivity index (χ0n) is 11.6. The molecule has 1 aliphatic carbocycles. The lowest BCUT2D eigenvalue weighted by molar-refractivity contribution is 0.358. The van der Waals surface area contributed by atoms with E-state index in [-0.39, 0.29) is 5.82 Å². The summed E-state index contributed by atoms with van der Waals surface area (Å²) in [4.78, 5) is 0. The van der Waals surface area contributed by atoms with Gasteiger partial charge in [0.2, 0.25) is 0 Å². The highest BCUT2D eigenvalue weighted by atomic mass is 19.1. The maximum absolute atomic E-state index is 12.9. The summed E-state index contributed by atoms with van der Waals surface area (Å²) in [5, 5.41) is 3.56. The first-order valence-corrected chi connectivity index (χ1v) is 7.39. The van der Waals surface area contributed by atoms with Crippen LogP contribution in [0, 0.1) is 5.82 Å². The van der Waals surface area contributed by atoms with Crippen molar-refractivity contribution in [1.29, 1.82) is 0 Å². The third-order valence-corrected chi connectivity index (χ3v) is 3.96. The summed E-state index contributed by atoms with van der Waals surface area (Å²) in [6.45, 7) is 0.770. The molecule has 106 valence electrons. The molecule has 1 aromatic carbocycles. The van der Waals surface area contributed by atoms with Crippen LogP contribution < -0.4 is 5.32 Å². The first-order valence-electron chi connectivity index (χ1n) is 7.39. The summed E-state index contributed by atoms with van der Waals surface area (Å²) in [6.07, 6.45) is 6.57. The molecular formula is C17H20FNO. The second-order valence-electron chi connectivity index (χ2n) is 5.49. The Bertz CT molecular complexity index is 540. The van der Waals surface area contributed by atoms with Crippen LogP contribution in [0.4, 0.5) is 4.39 Å². The third kappa shape index (κ3) is 3.28. The number of hydrogen-bond acceptors (Lipinski definition) is 2. The topological polar surface area (TPSA) is 25.2 Å². The van der Waals surface area contributed by atoms with Crippen molar-refractivity contribution in [1.82, 2.24) is 5.32 Å². The predicted molar refractivity (Wildman–Crippen MR) is 77.8 cm³/mol. The van der Waals surface area contributed by atoms with Crippen molar-refractivity contribution in [3.8, 4) is 11.3 Å². The normalized spacial score (nSPS) is 16.4. The monoisotopic (exact) mass is 273 g/mol. The van der Waals surface area contributed by atoms with Crippen LogP contribution in [0.25, 0.3) is 11.3 Å². The molecule has 1 aromatic heterocycles. The Labute approximate surface area is 119 Å². The molecule has 0 unspecified atom stereocenters. The van der Waals surface area contributed by atoms with Gasteiger partial charge in [-0.25, -0.2) is 4.39 Å². The van der Waals surface area contributed by atoms with Gasteiger partial charge < -0.3 is 9.73 Å². The average Bonchev–Trinajstić information content (AvgIpc) is 2.96. The molecule has 3 heteroatoms. The highest BCUT2D eigenvalue weighted by Gasteiger charge is 2.13. The van der Waals surface area contributed by atoms with Gasteiger partial charge >= 0.3 is 0 Å². The number of rotatable bonds is 4. The standard InChI is InChI=1S/C17H20FNO/c18-14-8-6-13(7-9-14)17-11-10-16(20-17)12-19-15-4-2-1-3-5-15/h6-11,15,19H,1-5,12H2. The first kappa shape index (κ1) is 13.4.